The van der Waals surface area contributed by atoms with Gasteiger partial charge in [0.1, 0.15) is 29.9 Å². The molecule has 51 heavy (non-hydrogen) atoms. The molecule has 0 aliphatic heterocycles. The summed E-state index contributed by atoms with van der Waals surface area (Å²) in [5.41, 5.74) is 12.8. The summed E-state index contributed by atoms with van der Waals surface area (Å²) >= 11 is 0. The molecule has 5 atom stereocenters. The predicted octanol–water partition coefficient (Wildman–Crippen LogP) is -2.07. The molecular weight excluding hydrogens is 664 g/mol. The summed E-state index contributed by atoms with van der Waals surface area (Å²) in [5, 5.41) is 33.5. The maximum absolute atomic E-state index is 13.1. The van der Waals surface area contributed by atoms with Crippen LogP contribution in [0.2, 0.25) is 0 Å². The van der Waals surface area contributed by atoms with Crippen molar-refractivity contribution < 1.29 is 43.8 Å². The first kappa shape index (κ1) is 41.6. The van der Waals surface area contributed by atoms with Crippen LogP contribution in [0, 0.1) is 0 Å². The number of carbonyl (C=O) groups is 7. The van der Waals surface area contributed by atoms with Crippen LogP contribution in [0.1, 0.15) is 44.2 Å². The van der Waals surface area contributed by atoms with E-state index in [0.29, 0.717) is 30.5 Å². The molecule has 0 heterocycles. The van der Waals surface area contributed by atoms with Gasteiger partial charge < -0.3 is 53.6 Å². The number of unbranched alkanes of at least 4 members (excludes halogenated alkanes) is 1. The van der Waals surface area contributed by atoms with Gasteiger partial charge in [-0.05, 0) is 69.3 Å². The lowest BCUT2D eigenvalue weighted by Crippen LogP contribution is -2.55. The number of aromatic hydroxyl groups is 1. The van der Waals surface area contributed by atoms with Crippen LogP contribution in [0.3, 0.4) is 0 Å². The topological polar surface area (TPSA) is 284 Å². The summed E-state index contributed by atoms with van der Waals surface area (Å²) in [6, 6.07) is 9.37. The van der Waals surface area contributed by atoms with Gasteiger partial charge in [-0.3, -0.25) is 28.8 Å². The minimum absolute atomic E-state index is 0.0495. The molecule has 0 unspecified atom stereocenters. The van der Waals surface area contributed by atoms with E-state index in [2.05, 4.69) is 31.9 Å². The van der Waals surface area contributed by atoms with E-state index in [1.54, 1.807) is 42.5 Å². The number of nitrogens with one attached hydrogen (secondary N) is 6. The molecule has 2 rings (SSSR count). The highest BCUT2D eigenvalue weighted by Gasteiger charge is 2.27. The second-order valence-corrected chi connectivity index (χ2v) is 11.9. The minimum Gasteiger partial charge on any atom is -0.508 e. The first-order valence-electron chi connectivity index (χ1n) is 16.4. The van der Waals surface area contributed by atoms with E-state index in [-0.39, 0.29) is 25.0 Å². The molecule has 0 bridgehead atoms. The van der Waals surface area contributed by atoms with Crippen LogP contribution in [0.5, 0.6) is 5.75 Å². The standard InChI is InChI=1S/C34H48N8O9/c1-20(40-31(47)21(2)39-28(44)18-38-32(48)25(36)16-23-11-13-24(43)14-12-23)30(46)37-19-29(45)41-27(17-22-8-4-3-5-9-22)33(49)42-26(34(50)51)10-6-7-15-35/h3-5,8-9,11-14,20-21,25-27,43H,6-7,10,15-19,35-36H2,1-2H3,(H,37,46)(H,38,48)(H,39,44)(H,40,47)(H,41,45)(H,42,49)(H,50,51)/t20-,21-,25-,26-,27-/m0/s1. The molecule has 0 saturated heterocycles. The number of phenolic OH excluding ortho intramolecular Hbond substituents is 1. The van der Waals surface area contributed by atoms with Crippen LogP contribution >= 0.6 is 0 Å². The first-order valence-corrected chi connectivity index (χ1v) is 16.4. The Morgan fingerprint density at radius 3 is 1.82 bits per heavy atom. The normalized spacial score (nSPS) is 13.6. The number of carbonyl (C=O) groups excluding carboxylic acids is 6. The van der Waals surface area contributed by atoms with Crippen LogP contribution in [-0.2, 0) is 46.4 Å². The maximum Gasteiger partial charge on any atom is 0.326 e. The Kier molecular flexibility index (Phi) is 17.6. The van der Waals surface area contributed by atoms with E-state index in [1.165, 1.54) is 26.0 Å². The molecule has 0 aliphatic carbocycles. The van der Waals surface area contributed by atoms with Crippen LogP contribution in [0.15, 0.2) is 54.6 Å². The molecule has 17 nitrogen and oxygen atoms in total. The predicted molar refractivity (Wildman–Crippen MR) is 186 cm³/mol. The molecular formula is C34H48N8O9. The molecule has 12 N–H and O–H groups in total. The third kappa shape index (κ3) is 15.7. The molecule has 2 aromatic carbocycles. The Morgan fingerprint density at radius 2 is 1.22 bits per heavy atom. The number of benzene rings is 2. The lowest BCUT2D eigenvalue weighted by molar-refractivity contribution is -0.142. The van der Waals surface area contributed by atoms with E-state index >= 15 is 0 Å². The van der Waals surface area contributed by atoms with Crippen LogP contribution < -0.4 is 43.4 Å². The zero-order chi connectivity index (χ0) is 37.9. The number of phenols is 1. The number of carboxylic acid groups (broad SMARTS) is 1. The van der Waals surface area contributed by atoms with Crippen molar-refractivity contribution in [1.29, 1.82) is 0 Å². The Hall–Kier alpha value is -5.55. The zero-order valence-electron chi connectivity index (χ0n) is 28.6. The van der Waals surface area contributed by atoms with E-state index < -0.39 is 84.7 Å². The van der Waals surface area contributed by atoms with Gasteiger partial charge in [0.25, 0.3) is 0 Å². The number of hydrogen-bond donors (Lipinski definition) is 10. The molecule has 17 heteroatoms. The van der Waals surface area contributed by atoms with Gasteiger partial charge in [-0.2, -0.15) is 0 Å². The van der Waals surface area contributed by atoms with Crippen molar-refractivity contribution in [3.05, 3.63) is 65.7 Å². The average Bonchev–Trinajstić information content (AvgIpc) is 3.09. The van der Waals surface area contributed by atoms with Crippen LogP contribution in [0.4, 0.5) is 0 Å². The van der Waals surface area contributed by atoms with Gasteiger partial charge in [-0.1, -0.05) is 42.5 Å². The van der Waals surface area contributed by atoms with Gasteiger partial charge in [0.05, 0.1) is 19.1 Å². The minimum atomic E-state index is -1.22. The lowest BCUT2D eigenvalue weighted by Gasteiger charge is -2.22. The summed E-state index contributed by atoms with van der Waals surface area (Å²) in [5.74, 6) is -5.34. The molecule has 0 aliphatic rings. The number of carboxylic acids is 1. The fourth-order valence-electron chi connectivity index (χ4n) is 4.69. The highest BCUT2D eigenvalue weighted by molar-refractivity contribution is 5.95. The highest BCUT2D eigenvalue weighted by atomic mass is 16.4. The van der Waals surface area contributed by atoms with Crippen LogP contribution in [-0.4, -0.2) is 101 Å². The lowest BCUT2D eigenvalue weighted by atomic mass is 10.0. The van der Waals surface area contributed by atoms with E-state index in [1.807, 2.05) is 0 Å². The molecule has 0 fully saturated rings. The largest absolute Gasteiger partial charge is 0.508 e. The Morgan fingerprint density at radius 1 is 0.647 bits per heavy atom. The second-order valence-electron chi connectivity index (χ2n) is 11.9. The van der Waals surface area contributed by atoms with Gasteiger partial charge >= 0.3 is 5.97 Å². The average molecular weight is 713 g/mol. The van der Waals surface area contributed by atoms with Crippen molar-refractivity contribution in [2.45, 2.75) is 76.2 Å². The molecule has 6 amide bonds. The quantitative estimate of drug-likeness (QED) is 0.0628. The molecule has 0 aromatic heterocycles. The molecule has 0 spiro atoms. The van der Waals surface area contributed by atoms with Crippen molar-refractivity contribution in [2.24, 2.45) is 11.5 Å². The summed E-state index contributed by atoms with van der Waals surface area (Å²) < 4.78 is 0. The van der Waals surface area contributed by atoms with Crippen molar-refractivity contribution in [3.63, 3.8) is 0 Å². The maximum atomic E-state index is 13.1. The smallest absolute Gasteiger partial charge is 0.326 e. The Bertz CT molecular complexity index is 1490. The SMILES string of the molecule is C[C@H](NC(=O)CNC(=O)[C@@H](N)Cc1ccc(O)cc1)C(=O)N[C@@H](C)C(=O)NCC(=O)N[C@@H](Cc1ccccc1)C(=O)N[C@@H](CCCCN)C(=O)O. The van der Waals surface area contributed by atoms with Gasteiger partial charge in [0.2, 0.25) is 35.4 Å². The van der Waals surface area contributed by atoms with Crippen LogP contribution in [0.25, 0.3) is 0 Å². The molecule has 2 aromatic rings. The first-order chi connectivity index (χ1) is 24.2. The zero-order valence-corrected chi connectivity index (χ0v) is 28.6. The highest BCUT2D eigenvalue weighted by Crippen LogP contribution is 2.11. The van der Waals surface area contributed by atoms with E-state index in [9.17, 15) is 43.8 Å². The number of nitrogens with two attached hydrogens (primary N) is 2. The van der Waals surface area contributed by atoms with Crippen molar-refractivity contribution in [1.82, 2.24) is 31.9 Å². The fourth-order valence-corrected chi connectivity index (χ4v) is 4.69. The monoisotopic (exact) mass is 712 g/mol. The van der Waals surface area contributed by atoms with E-state index in [4.69, 9.17) is 11.5 Å². The van der Waals surface area contributed by atoms with Gasteiger partial charge in [-0.15, -0.1) is 0 Å². The summed E-state index contributed by atoms with van der Waals surface area (Å²) in [7, 11) is 0. The van der Waals surface area contributed by atoms with Crippen molar-refractivity contribution in [2.75, 3.05) is 19.6 Å². The number of hydrogen-bond acceptors (Lipinski definition) is 10. The second kappa shape index (κ2) is 21.5. The Labute approximate surface area is 295 Å². The van der Waals surface area contributed by atoms with Gasteiger partial charge in [0.15, 0.2) is 0 Å². The van der Waals surface area contributed by atoms with Crippen molar-refractivity contribution in [3.8, 4) is 5.75 Å². The molecule has 0 saturated carbocycles. The fraction of sp³-hybridized carbons (Fsp3) is 0.441. The Balaban J connectivity index is 1.84. The third-order valence-corrected chi connectivity index (χ3v) is 7.59. The van der Waals surface area contributed by atoms with Crippen molar-refractivity contribution >= 4 is 41.4 Å². The summed E-state index contributed by atoms with van der Waals surface area (Å²) in [6.07, 6.45) is 1.43. The molecule has 0 radical (unpaired) electrons. The number of aliphatic carboxylic acids is 1. The number of rotatable bonds is 21. The van der Waals surface area contributed by atoms with E-state index in [0.717, 1.165) is 0 Å². The third-order valence-electron chi connectivity index (χ3n) is 7.59. The number of amides is 6. The summed E-state index contributed by atoms with van der Waals surface area (Å²) in [6.45, 7) is 2.09. The van der Waals surface area contributed by atoms with Gasteiger partial charge in [0, 0.05) is 6.42 Å². The van der Waals surface area contributed by atoms with Gasteiger partial charge in [-0.25, -0.2) is 4.79 Å². The molecule has 278 valence electrons. The summed E-state index contributed by atoms with van der Waals surface area (Å²) in [4.78, 5) is 87.5.